The van der Waals surface area contributed by atoms with Crippen molar-refractivity contribution in [2.45, 2.75) is 49.2 Å². The van der Waals surface area contributed by atoms with Crippen molar-refractivity contribution in [2.24, 2.45) is 0 Å². The van der Waals surface area contributed by atoms with E-state index in [1.807, 2.05) is 78.9 Å². The Morgan fingerprint density at radius 3 is 1.28 bits per heavy atom. The molecule has 0 fully saturated rings. The normalized spacial score (nSPS) is 12.0. The molecule has 304 valence electrons. The van der Waals surface area contributed by atoms with Crippen molar-refractivity contribution in [2.75, 3.05) is 28.4 Å². The van der Waals surface area contributed by atoms with Gasteiger partial charge in [-0.1, -0.05) is 48.5 Å². The number of sulfonamides is 2. The van der Waals surface area contributed by atoms with E-state index in [0.29, 0.717) is 11.5 Å². The summed E-state index contributed by atoms with van der Waals surface area (Å²) in [5.74, 6) is 2.82. The van der Waals surface area contributed by atoms with Gasteiger partial charge in [0.25, 0.3) is 20.0 Å². The van der Waals surface area contributed by atoms with E-state index in [0.717, 1.165) is 33.8 Å². The average Bonchev–Trinajstić information content (AvgIpc) is 3.99. The number of nitriles is 1. The number of aromatic nitrogens is 4. The first-order valence-electron chi connectivity index (χ1n) is 17.9. The topological polar surface area (TPSA) is 182 Å². The van der Waals surface area contributed by atoms with Crippen molar-refractivity contribution in [3.05, 3.63) is 144 Å². The highest BCUT2D eigenvalue weighted by molar-refractivity contribution is 7.89. The van der Waals surface area contributed by atoms with Crippen LogP contribution >= 0.6 is 0 Å². The fourth-order valence-electron chi connectivity index (χ4n) is 5.58. The highest BCUT2D eigenvalue weighted by atomic mass is 32.2. The molecule has 2 aromatic heterocycles. The monoisotopic (exact) mass is 827 g/mol. The second-order valence-electron chi connectivity index (χ2n) is 12.8. The highest BCUT2D eigenvalue weighted by Gasteiger charge is 2.29. The molecule has 0 saturated carbocycles. The molecule has 6 rings (SSSR count). The number of H-pyrrole nitrogens is 1. The van der Waals surface area contributed by atoms with Gasteiger partial charge in [0, 0.05) is 32.4 Å². The van der Waals surface area contributed by atoms with Crippen LogP contribution in [-0.4, -0.2) is 73.9 Å². The highest BCUT2D eigenvalue weighted by Crippen LogP contribution is 2.25. The third-order valence-electron chi connectivity index (χ3n) is 8.94. The lowest BCUT2D eigenvalue weighted by Crippen LogP contribution is -2.30. The zero-order valence-electron chi connectivity index (χ0n) is 32.7. The Hall–Kier alpha value is -6.19. The van der Waals surface area contributed by atoms with Gasteiger partial charge in [0.1, 0.15) is 29.0 Å². The summed E-state index contributed by atoms with van der Waals surface area (Å²) in [6, 6.07) is 33.4. The Labute approximate surface area is 339 Å². The zero-order valence-corrected chi connectivity index (χ0v) is 34.4. The summed E-state index contributed by atoms with van der Waals surface area (Å²) >= 11 is 0. The van der Waals surface area contributed by atoms with Crippen LogP contribution < -0.4 is 18.9 Å². The number of nitrogens with zero attached hydrogens (tertiary/aromatic N) is 6. The number of hydrogen-bond donors (Lipinski definition) is 1. The molecule has 0 spiro atoms. The second kappa shape index (κ2) is 19.8. The van der Waals surface area contributed by atoms with Crippen LogP contribution in [0.5, 0.6) is 23.0 Å². The average molecular weight is 828 g/mol. The lowest BCUT2D eigenvalue weighted by atomic mass is 10.2. The maximum Gasteiger partial charge on any atom is 0.262 e. The first-order valence-corrected chi connectivity index (χ1v) is 20.7. The van der Waals surface area contributed by atoms with Crippen molar-refractivity contribution in [3.63, 3.8) is 0 Å². The van der Waals surface area contributed by atoms with Crippen LogP contribution in [0.4, 0.5) is 0 Å². The van der Waals surface area contributed by atoms with Crippen molar-refractivity contribution < 1.29 is 35.8 Å². The third-order valence-corrected chi connectivity index (χ3v) is 12.3. The van der Waals surface area contributed by atoms with Gasteiger partial charge in [-0.15, -0.1) is 0 Å². The first kappa shape index (κ1) is 42.9. The maximum absolute atomic E-state index is 13.4. The van der Waals surface area contributed by atoms with Gasteiger partial charge in [0.15, 0.2) is 10.1 Å². The smallest absolute Gasteiger partial charge is 0.262 e. The van der Waals surface area contributed by atoms with Gasteiger partial charge >= 0.3 is 0 Å². The molecular weight excluding hydrogens is 783 g/mol. The van der Waals surface area contributed by atoms with Crippen LogP contribution in [0.25, 0.3) is 0 Å². The van der Waals surface area contributed by atoms with Gasteiger partial charge < -0.3 is 18.9 Å². The summed E-state index contributed by atoms with van der Waals surface area (Å²) in [6.07, 6.45) is 2.92. The standard InChI is InChI=1S/C22H24N4O4S.C19H21N3O4S/c1-17(14-23)26-13-12-22(24-26)31(27,28)25(15-18-4-8-20(29-2)9-5-18)16-19-6-10-21(30-3)11-7-19;1-25-17-7-3-15(4-8-17)13-22(27(23,24)19-11-12-20-21-19)14-16-5-9-18(26-2)10-6-16/h4-13,17H,15-16H2,1-3H3;3-12H,13-14H2,1-2H3,(H,20,21). The molecule has 0 aliphatic rings. The molecule has 6 aromatic rings. The number of benzene rings is 4. The molecule has 0 aliphatic carbocycles. The lowest BCUT2D eigenvalue weighted by molar-refractivity contribution is 0.394. The fourth-order valence-corrected chi connectivity index (χ4v) is 8.23. The number of ether oxygens (including phenoxy) is 4. The number of aromatic amines is 1. The Kier molecular flexibility index (Phi) is 14.7. The number of methoxy groups -OCH3 is 4. The molecule has 4 aromatic carbocycles. The van der Waals surface area contributed by atoms with Gasteiger partial charge in [-0.25, -0.2) is 16.8 Å². The minimum absolute atomic E-state index is 0.0597. The van der Waals surface area contributed by atoms with Crippen LogP contribution in [0.2, 0.25) is 0 Å². The van der Waals surface area contributed by atoms with Gasteiger partial charge in [0.05, 0.1) is 40.7 Å². The van der Waals surface area contributed by atoms with Crippen LogP contribution in [-0.2, 0) is 46.2 Å². The van der Waals surface area contributed by atoms with Crippen molar-refractivity contribution in [3.8, 4) is 29.1 Å². The van der Waals surface area contributed by atoms with Gasteiger partial charge in [-0.2, -0.15) is 24.1 Å². The predicted octanol–water partition coefficient (Wildman–Crippen LogP) is 6.19. The predicted molar refractivity (Wildman–Crippen MR) is 216 cm³/mol. The van der Waals surface area contributed by atoms with Crippen LogP contribution in [0.3, 0.4) is 0 Å². The second-order valence-corrected chi connectivity index (χ2v) is 16.6. The maximum atomic E-state index is 13.4. The summed E-state index contributed by atoms with van der Waals surface area (Å²) in [4.78, 5) is 0. The number of hydrogen-bond acceptors (Lipinski definition) is 11. The van der Waals surface area contributed by atoms with E-state index in [2.05, 4.69) is 15.3 Å². The molecule has 0 aliphatic heterocycles. The Balaban J connectivity index is 0.000000223. The van der Waals surface area contributed by atoms with E-state index < -0.39 is 26.1 Å². The molecule has 1 unspecified atom stereocenters. The zero-order chi connectivity index (χ0) is 41.7. The van der Waals surface area contributed by atoms with E-state index in [-0.39, 0.29) is 36.2 Å². The van der Waals surface area contributed by atoms with E-state index in [9.17, 15) is 16.8 Å². The molecule has 0 radical (unpaired) electrons. The van der Waals surface area contributed by atoms with Crippen LogP contribution in [0, 0.1) is 11.3 Å². The van der Waals surface area contributed by atoms with E-state index in [4.69, 9.17) is 24.2 Å². The van der Waals surface area contributed by atoms with Gasteiger partial charge in [-0.05, 0) is 89.8 Å². The van der Waals surface area contributed by atoms with E-state index >= 15 is 0 Å². The summed E-state index contributed by atoms with van der Waals surface area (Å²) in [6.45, 7) is 2.39. The molecule has 15 nitrogen and oxygen atoms in total. The van der Waals surface area contributed by atoms with E-state index in [1.165, 1.54) is 37.8 Å². The van der Waals surface area contributed by atoms with Crippen molar-refractivity contribution >= 4 is 20.0 Å². The van der Waals surface area contributed by atoms with Gasteiger partial charge in [-0.3, -0.25) is 9.78 Å². The third kappa shape index (κ3) is 11.0. The molecule has 0 amide bonds. The van der Waals surface area contributed by atoms with Crippen molar-refractivity contribution in [1.82, 2.24) is 28.6 Å². The van der Waals surface area contributed by atoms with Crippen LogP contribution in [0.1, 0.15) is 35.2 Å². The number of rotatable bonds is 17. The Morgan fingerprint density at radius 2 is 0.966 bits per heavy atom. The van der Waals surface area contributed by atoms with Gasteiger partial charge in [0.2, 0.25) is 0 Å². The molecule has 58 heavy (non-hydrogen) atoms. The Bertz CT molecular complexity index is 2350. The lowest BCUT2D eigenvalue weighted by Gasteiger charge is -2.22. The summed E-state index contributed by atoms with van der Waals surface area (Å²) in [7, 11) is -1.32. The largest absolute Gasteiger partial charge is 0.497 e. The molecule has 17 heteroatoms. The SMILES string of the molecule is COc1ccc(CN(Cc2ccc(OC)cc2)S(=O)(=O)c2ccn(C(C)C#N)n2)cc1.COc1ccc(CN(Cc2ccc(OC)cc2)S(=O)(=O)c2ccn[nH]2)cc1. The summed E-state index contributed by atoms with van der Waals surface area (Å²) in [5.41, 5.74) is 3.32. The number of nitrogens with one attached hydrogen (secondary N) is 1. The van der Waals surface area contributed by atoms with Crippen molar-refractivity contribution in [1.29, 1.82) is 5.26 Å². The molecule has 1 atom stereocenters. The molecular formula is C41H45N7O8S2. The minimum atomic E-state index is -3.92. The summed E-state index contributed by atoms with van der Waals surface area (Å²) in [5, 5.41) is 19.5. The summed E-state index contributed by atoms with van der Waals surface area (Å²) < 4.78 is 77.8. The fraction of sp³-hybridized carbons (Fsp3) is 0.244. The molecule has 2 heterocycles. The Morgan fingerprint density at radius 1 is 0.603 bits per heavy atom. The molecule has 0 saturated heterocycles. The minimum Gasteiger partial charge on any atom is -0.497 e. The van der Waals surface area contributed by atoms with E-state index in [1.54, 1.807) is 59.6 Å². The molecule has 1 N–H and O–H groups in total. The molecule has 0 bridgehead atoms. The first-order chi connectivity index (χ1) is 27.9. The van der Waals surface area contributed by atoms with Crippen LogP contribution in [0.15, 0.2) is 132 Å². The quantitative estimate of drug-likeness (QED) is 0.111.